The highest BCUT2D eigenvalue weighted by atomic mass is 31.2. The molecule has 3 N–H and O–H groups in total. The fraction of sp³-hybridized carbons (Fsp3) is 0.200. The molecule has 1 rings (SSSR count). The maximum atomic E-state index is 10.5. The number of phosphoric acid groups is 1. The van der Waals surface area contributed by atoms with Crippen LogP contribution in [0.1, 0.15) is 16.7 Å². The van der Waals surface area contributed by atoms with E-state index in [4.69, 9.17) is 21.3 Å². The van der Waals surface area contributed by atoms with E-state index in [1.165, 1.54) is 0 Å². The van der Waals surface area contributed by atoms with Crippen molar-refractivity contribution in [3.8, 4) is 12.3 Å². The highest BCUT2D eigenvalue weighted by molar-refractivity contribution is 7.46. The zero-order chi connectivity index (χ0) is 12.2. The van der Waals surface area contributed by atoms with E-state index in [9.17, 15) is 4.57 Å². The van der Waals surface area contributed by atoms with Gasteiger partial charge in [-0.2, -0.15) is 0 Å². The molecule has 0 heterocycles. The smallest absolute Gasteiger partial charge is 0.392 e. The van der Waals surface area contributed by atoms with Crippen LogP contribution in [0.3, 0.4) is 0 Å². The normalized spacial score (nSPS) is 11.1. The Kier molecular flexibility index (Phi) is 4.25. The molecule has 0 aliphatic carbocycles. The Morgan fingerprint density at radius 3 is 2.44 bits per heavy atom. The standard InChI is InChI=1S/C10H11O5P/c1-2-8-3-9(6-11)5-10(4-8)7-15-16(12,13)14/h1,3-5,11H,6-7H2,(H2,12,13,14). The molecule has 1 aromatic rings. The van der Waals surface area contributed by atoms with Gasteiger partial charge >= 0.3 is 7.82 Å². The Morgan fingerprint density at radius 2 is 1.94 bits per heavy atom. The van der Waals surface area contributed by atoms with Gasteiger partial charge in [0.05, 0.1) is 13.2 Å². The van der Waals surface area contributed by atoms with Crippen molar-refractivity contribution >= 4 is 7.82 Å². The summed E-state index contributed by atoms with van der Waals surface area (Å²) in [6.07, 6.45) is 5.20. The summed E-state index contributed by atoms with van der Waals surface area (Å²) in [5.41, 5.74) is 1.60. The highest BCUT2D eigenvalue weighted by Crippen LogP contribution is 2.37. The zero-order valence-corrected chi connectivity index (χ0v) is 9.22. The quantitative estimate of drug-likeness (QED) is 0.536. The highest BCUT2D eigenvalue weighted by Gasteiger charge is 2.13. The first-order valence-electron chi connectivity index (χ1n) is 4.35. The molecule has 0 radical (unpaired) electrons. The number of hydrogen-bond acceptors (Lipinski definition) is 3. The predicted molar refractivity (Wildman–Crippen MR) is 57.1 cm³/mol. The molecule has 1 aromatic carbocycles. The summed E-state index contributed by atoms with van der Waals surface area (Å²) in [4.78, 5) is 17.1. The number of rotatable bonds is 4. The summed E-state index contributed by atoms with van der Waals surface area (Å²) in [6.45, 7) is -0.453. The molecule has 0 saturated heterocycles. The van der Waals surface area contributed by atoms with E-state index in [2.05, 4.69) is 10.4 Å². The lowest BCUT2D eigenvalue weighted by atomic mass is 10.1. The number of aliphatic hydroxyl groups excluding tert-OH is 1. The van der Waals surface area contributed by atoms with Crippen LogP contribution in [0.5, 0.6) is 0 Å². The Bertz CT molecular complexity index is 457. The van der Waals surface area contributed by atoms with Gasteiger partial charge in [0, 0.05) is 5.56 Å². The molecule has 0 fully saturated rings. The van der Waals surface area contributed by atoms with E-state index in [1.807, 2.05) is 0 Å². The van der Waals surface area contributed by atoms with Crippen molar-refractivity contribution in [2.75, 3.05) is 0 Å². The molecule has 6 heteroatoms. The summed E-state index contributed by atoms with van der Waals surface area (Å²) in [6, 6.07) is 4.74. The second-order valence-electron chi connectivity index (χ2n) is 3.10. The average molecular weight is 242 g/mol. The van der Waals surface area contributed by atoms with Crippen molar-refractivity contribution in [1.82, 2.24) is 0 Å². The molecule has 0 saturated carbocycles. The molecule has 0 atom stereocenters. The lowest BCUT2D eigenvalue weighted by molar-refractivity contribution is 0.189. The van der Waals surface area contributed by atoms with E-state index in [1.54, 1.807) is 18.2 Å². The van der Waals surface area contributed by atoms with Crippen LogP contribution in [-0.2, 0) is 22.3 Å². The monoisotopic (exact) mass is 242 g/mol. The molecule has 0 aromatic heterocycles. The Balaban J connectivity index is 2.88. The van der Waals surface area contributed by atoms with E-state index >= 15 is 0 Å². The molecule has 0 bridgehead atoms. The van der Waals surface area contributed by atoms with E-state index < -0.39 is 7.82 Å². The minimum absolute atomic E-state index is 0.196. The van der Waals surface area contributed by atoms with Crippen LogP contribution in [0.2, 0.25) is 0 Å². The molecule has 0 aliphatic heterocycles. The van der Waals surface area contributed by atoms with Crippen molar-refractivity contribution in [3.05, 3.63) is 34.9 Å². The number of benzene rings is 1. The fourth-order valence-corrected chi connectivity index (χ4v) is 1.50. The SMILES string of the molecule is C#Cc1cc(CO)cc(COP(=O)(O)O)c1. The first-order valence-corrected chi connectivity index (χ1v) is 5.88. The summed E-state index contributed by atoms with van der Waals surface area (Å²) in [5, 5.41) is 8.95. The van der Waals surface area contributed by atoms with Crippen molar-refractivity contribution in [2.24, 2.45) is 0 Å². The van der Waals surface area contributed by atoms with Crippen LogP contribution in [0.4, 0.5) is 0 Å². The van der Waals surface area contributed by atoms with Crippen molar-refractivity contribution in [2.45, 2.75) is 13.2 Å². The van der Waals surface area contributed by atoms with Gasteiger partial charge in [-0.15, -0.1) is 6.42 Å². The van der Waals surface area contributed by atoms with Crippen molar-refractivity contribution in [3.63, 3.8) is 0 Å². The second-order valence-corrected chi connectivity index (χ2v) is 4.34. The first-order chi connectivity index (χ1) is 7.44. The van der Waals surface area contributed by atoms with Crippen LogP contribution in [0.15, 0.2) is 18.2 Å². The molecule has 0 unspecified atom stereocenters. The third-order valence-electron chi connectivity index (χ3n) is 1.80. The predicted octanol–water partition coefficient (Wildman–Crippen LogP) is 0.769. The Labute approximate surface area is 92.9 Å². The second kappa shape index (κ2) is 5.26. The zero-order valence-electron chi connectivity index (χ0n) is 8.33. The summed E-state index contributed by atoms with van der Waals surface area (Å²) in [7, 11) is -4.49. The third kappa shape index (κ3) is 4.15. The molecule has 86 valence electrons. The van der Waals surface area contributed by atoms with Crippen LogP contribution in [0.25, 0.3) is 0 Å². The van der Waals surface area contributed by atoms with Gasteiger partial charge in [-0.25, -0.2) is 4.57 Å². The van der Waals surface area contributed by atoms with Gasteiger partial charge in [0.1, 0.15) is 0 Å². The molecule has 0 aliphatic rings. The molecule has 0 spiro atoms. The Morgan fingerprint density at radius 1 is 1.31 bits per heavy atom. The van der Waals surface area contributed by atoms with Gasteiger partial charge in [0.15, 0.2) is 0 Å². The van der Waals surface area contributed by atoms with E-state index in [-0.39, 0.29) is 13.2 Å². The largest absolute Gasteiger partial charge is 0.469 e. The fourth-order valence-electron chi connectivity index (χ4n) is 1.18. The summed E-state index contributed by atoms with van der Waals surface area (Å²) < 4.78 is 14.8. The van der Waals surface area contributed by atoms with Gasteiger partial charge in [-0.1, -0.05) is 12.0 Å². The number of aliphatic hydroxyl groups is 1. The Hall–Kier alpha value is -1.15. The molecule has 0 amide bonds. The van der Waals surface area contributed by atoms with Gasteiger partial charge in [-0.05, 0) is 23.3 Å². The molecular weight excluding hydrogens is 231 g/mol. The number of terminal acetylenes is 1. The van der Waals surface area contributed by atoms with Gasteiger partial charge in [-0.3, -0.25) is 4.52 Å². The van der Waals surface area contributed by atoms with Crippen LogP contribution < -0.4 is 0 Å². The van der Waals surface area contributed by atoms with E-state index in [0.29, 0.717) is 16.7 Å². The van der Waals surface area contributed by atoms with Crippen molar-refractivity contribution < 1.29 is 24.0 Å². The van der Waals surface area contributed by atoms with Gasteiger partial charge in [0.25, 0.3) is 0 Å². The summed E-state index contributed by atoms with van der Waals surface area (Å²) >= 11 is 0. The minimum atomic E-state index is -4.49. The van der Waals surface area contributed by atoms with Crippen molar-refractivity contribution in [1.29, 1.82) is 0 Å². The van der Waals surface area contributed by atoms with E-state index in [0.717, 1.165) is 0 Å². The van der Waals surface area contributed by atoms with Crippen LogP contribution in [-0.4, -0.2) is 14.9 Å². The number of hydrogen-bond donors (Lipinski definition) is 3. The molecule has 5 nitrogen and oxygen atoms in total. The number of phosphoric ester groups is 1. The third-order valence-corrected chi connectivity index (χ3v) is 2.27. The maximum Gasteiger partial charge on any atom is 0.469 e. The average Bonchev–Trinajstić information content (AvgIpc) is 2.25. The maximum absolute atomic E-state index is 10.5. The first kappa shape index (κ1) is 12.9. The molecule has 16 heavy (non-hydrogen) atoms. The topological polar surface area (TPSA) is 87.0 Å². The van der Waals surface area contributed by atoms with Crippen LogP contribution in [0, 0.1) is 12.3 Å². The van der Waals surface area contributed by atoms with Gasteiger partial charge < -0.3 is 14.9 Å². The molecular formula is C10H11O5P. The minimum Gasteiger partial charge on any atom is -0.392 e. The van der Waals surface area contributed by atoms with Gasteiger partial charge in [0.2, 0.25) is 0 Å². The lowest BCUT2D eigenvalue weighted by Gasteiger charge is -2.07. The summed E-state index contributed by atoms with van der Waals surface area (Å²) in [5.74, 6) is 2.38. The lowest BCUT2D eigenvalue weighted by Crippen LogP contribution is -1.94. The van der Waals surface area contributed by atoms with Crippen LogP contribution >= 0.6 is 7.82 Å².